The van der Waals surface area contributed by atoms with E-state index < -0.39 is 29.0 Å². The summed E-state index contributed by atoms with van der Waals surface area (Å²) in [5.41, 5.74) is 0.665. The van der Waals surface area contributed by atoms with E-state index in [1.807, 2.05) is 57.1 Å². The summed E-state index contributed by atoms with van der Waals surface area (Å²) < 4.78 is 12.0. The van der Waals surface area contributed by atoms with Crippen molar-refractivity contribution in [1.29, 1.82) is 0 Å². The number of nitrogens with one attached hydrogen (secondary N) is 2. The Balaban J connectivity index is 1.56. The molecular formula is C32H36N4O6. The van der Waals surface area contributed by atoms with Gasteiger partial charge in [0.05, 0.1) is 29.6 Å². The van der Waals surface area contributed by atoms with Crippen LogP contribution in [0.25, 0.3) is 10.9 Å². The number of rotatable bonds is 10. The van der Waals surface area contributed by atoms with Crippen molar-refractivity contribution in [2.75, 3.05) is 21.2 Å². The first-order chi connectivity index (χ1) is 20.0. The second-order valence-electron chi connectivity index (χ2n) is 10.5. The van der Waals surface area contributed by atoms with E-state index in [-0.39, 0.29) is 11.3 Å². The molecule has 4 rings (SSSR count). The molecule has 0 bridgehead atoms. The van der Waals surface area contributed by atoms with E-state index in [1.54, 1.807) is 50.4 Å². The second-order valence-corrected chi connectivity index (χ2v) is 10.5. The van der Waals surface area contributed by atoms with E-state index in [4.69, 9.17) is 9.47 Å². The molecule has 220 valence electrons. The average Bonchev–Trinajstić information content (AvgIpc) is 2.99. The van der Waals surface area contributed by atoms with Gasteiger partial charge in [-0.1, -0.05) is 31.2 Å². The Morgan fingerprint density at radius 3 is 2.24 bits per heavy atom. The van der Waals surface area contributed by atoms with Crippen LogP contribution in [0.1, 0.15) is 65.1 Å². The fourth-order valence-corrected chi connectivity index (χ4v) is 4.53. The number of aromatic amines is 1. The minimum atomic E-state index is -0.750. The summed E-state index contributed by atoms with van der Waals surface area (Å²) in [6.45, 7) is 5.80. The van der Waals surface area contributed by atoms with Gasteiger partial charge in [0.2, 0.25) is 0 Å². The predicted octanol–water partition coefficient (Wildman–Crippen LogP) is 4.08. The maximum absolute atomic E-state index is 13.5. The summed E-state index contributed by atoms with van der Waals surface area (Å²) >= 11 is 0. The molecule has 1 aromatic heterocycles. The number of methoxy groups -OCH3 is 1. The van der Waals surface area contributed by atoms with Crippen molar-refractivity contribution in [1.82, 2.24) is 19.8 Å². The van der Waals surface area contributed by atoms with E-state index >= 15 is 0 Å². The first kappa shape index (κ1) is 30.3. The molecule has 2 unspecified atom stereocenters. The largest absolute Gasteiger partial charge is 0.497 e. The lowest BCUT2D eigenvalue weighted by molar-refractivity contribution is -0.0876. The number of ether oxygens (including phenoxy) is 2. The van der Waals surface area contributed by atoms with Crippen LogP contribution in [0, 0.1) is 0 Å². The highest BCUT2D eigenvalue weighted by molar-refractivity contribution is 5.97. The molecule has 0 aliphatic heterocycles. The number of fused-ring (bicyclic) bond motifs is 1. The molecule has 2 atom stereocenters. The Hall–Kier alpha value is -4.70. The monoisotopic (exact) mass is 572 g/mol. The minimum absolute atomic E-state index is 0.210. The van der Waals surface area contributed by atoms with Crippen LogP contribution in [0.15, 0.2) is 76.3 Å². The van der Waals surface area contributed by atoms with Crippen molar-refractivity contribution in [3.05, 3.63) is 110 Å². The number of benzene rings is 3. The van der Waals surface area contributed by atoms with Gasteiger partial charge in [0, 0.05) is 12.1 Å². The number of esters is 1. The molecule has 0 saturated heterocycles. The number of amides is 1. The zero-order valence-electron chi connectivity index (χ0n) is 24.7. The van der Waals surface area contributed by atoms with E-state index in [2.05, 4.69) is 10.3 Å². The molecule has 2 N–H and O–H groups in total. The maximum Gasteiger partial charge on any atom is 0.339 e. The van der Waals surface area contributed by atoms with Gasteiger partial charge in [-0.15, -0.1) is 0 Å². The highest BCUT2D eigenvalue weighted by Crippen LogP contribution is 2.22. The Morgan fingerprint density at radius 1 is 1.00 bits per heavy atom. The lowest BCUT2D eigenvalue weighted by Crippen LogP contribution is -2.44. The Morgan fingerprint density at radius 2 is 1.64 bits per heavy atom. The number of H-pyrrole nitrogens is 1. The number of hydrogen-bond acceptors (Lipinski definition) is 7. The molecular weight excluding hydrogens is 536 g/mol. The zero-order valence-corrected chi connectivity index (χ0v) is 24.7. The van der Waals surface area contributed by atoms with Crippen LogP contribution in [-0.4, -0.2) is 53.3 Å². The van der Waals surface area contributed by atoms with Crippen LogP contribution in [0.3, 0.4) is 0 Å². The van der Waals surface area contributed by atoms with Crippen LogP contribution < -0.4 is 21.3 Å². The topological polar surface area (TPSA) is 123 Å². The molecule has 1 amide bonds. The van der Waals surface area contributed by atoms with Crippen molar-refractivity contribution >= 4 is 22.8 Å². The van der Waals surface area contributed by atoms with E-state index in [0.717, 1.165) is 15.9 Å². The van der Waals surface area contributed by atoms with E-state index in [9.17, 15) is 19.2 Å². The van der Waals surface area contributed by atoms with Crippen molar-refractivity contribution in [3.63, 3.8) is 0 Å². The molecule has 3 aromatic carbocycles. The van der Waals surface area contributed by atoms with Crippen molar-refractivity contribution in [3.8, 4) is 5.75 Å². The molecule has 0 spiro atoms. The van der Waals surface area contributed by atoms with Crippen LogP contribution in [0.2, 0.25) is 0 Å². The number of aromatic nitrogens is 2. The Labute approximate surface area is 243 Å². The summed E-state index contributed by atoms with van der Waals surface area (Å²) in [5, 5.41) is 3.06. The molecule has 10 nitrogen and oxygen atoms in total. The number of hydrogen-bond donors (Lipinski definition) is 2. The van der Waals surface area contributed by atoms with Crippen molar-refractivity contribution in [2.45, 2.75) is 45.5 Å². The fraction of sp³-hybridized carbons (Fsp3) is 0.312. The highest BCUT2D eigenvalue weighted by atomic mass is 16.6. The predicted molar refractivity (Wildman–Crippen MR) is 161 cm³/mol. The second kappa shape index (κ2) is 12.4. The Bertz CT molecular complexity index is 1710. The normalized spacial score (nSPS) is 13.4. The van der Waals surface area contributed by atoms with Crippen LogP contribution in [0.4, 0.5) is 0 Å². The van der Waals surface area contributed by atoms with E-state index in [1.165, 1.54) is 6.07 Å². The average molecular weight is 573 g/mol. The first-order valence-electron chi connectivity index (χ1n) is 13.7. The molecule has 1 heterocycles. The summed E-state index contributed by atoms with van der Waals surface area (Å²) in [5.74, 6) is -0.100. The Kier molecular flexibility index (Phi) is 8.96. The zero-order chi connectivity index (χ0) is 30.6. The molecule has 0 saturated carbocycles. The van der Waals surface area contributed by atoms with Gasteiger partial charge < -0.3 is 19.8 Å². The maximum atomic E-state index is 13.5. The molecule has 10 heteroatoms. The van der Waals surface area contributed by atoms with Gasteiger partial charge in [-0.25, -0.2) is 9.59 Å². The minimum Gasteiger partial charge on any atom is -0.497 e. The molecule has 0 aliphatic rings. The number of nitrogens with zero attached hydrogens (tertiary/aromatic N) is 2. The van der Waals surface area contributed by atoms with Gasteiger partial charge in [0.15, 0.2) is 5.72 Å². The third-order valence-corrected chi connectivity index (χ3v) is 7.73. The smallest absolute Gasteiger partial charge is 0.339 e. The van der Waals surface area contributed by atoms with Crippen molar-refractivity contribution < 1.29 is 19.1 Å². The van der Waals surface area contributed by atoms with Crippen molar-refractivity contribution in [2.24, 2.45) is 0 Å². The van der Waals surface area contributed by atoms with Gasteiger partial charge in [-0.05, 0) is 88.0 Å². The van der Waals surface area contributed by atoms with Gasteiger partial charge in [-0.2, -0.15) is 0 Å². The van der Waals surface area contributed by atoms with E-state index in [0.29, 0.717) is 35.2 Å². The summed E-state index contributed by atoms with van der Waals surface area (Å²) in [4.78, 5) is 56.7. The quantitative estimate of drug-likeness (QED) is 0.217. The lowest BCUT2D eigenvalue weighted by Gasteiger charge is -2.34. The number of carbonyl (C=O) groups excluding carboxylic acids is 2. The third-order valence-electron chi connectivity index (χ3n) is 7.73. The SMILES string of the molecule is CCC(C)(OC(=O)c1ccc(C(C)n2c(=O)[nH]c3ccc(C(=O)NCc4ccc(OC)cc4)cc3c2=O)cc1)N(C)C. The fourth-order valence-electron chi connectivity index (χ4n) is 4.53. The summed E-state index contributed by atoms with van der Waals surface area (Å²) in [6.07, 6.45) is 0.612. The third kappa shape index (κ3) is 6.28. The highest BCUT2D eigenvalue weighted by Gasteiger charge is 2.30. The lowest BCUT2D eigenvalue weighted by atomic mass is 10.1. The van der Waals surface area contributed by atoms with Crippen LogP contribution >= 0.6 is 0 Å². The first-order valence-corrected chi connectivity index (χ1v) is 13.7. The number of carbonyl (C=O) groups is 2. The van der Waals surface area contributed by atoms with Gasteiger partial charge >= 0.3 is 11.7 Å². The summed E-state index contributed by atoms with van der Waals surface area (Å²) in [6, 6.07) is 17.9. The van der Waals surface area contributed by atoms with Gasteiger partial charge in [0.25, 0.3) is 11.5 Å². The molecule has 4 aromatic rings. The van der Waals surface area contributed by atoms with Gasteiger partial charge in [0.1, 0.15) is 5.75 Å². The van der Waals surface area contributed by atoms with Crippen LogP contribution in [0.5, 0.6) is 5.75 Å². The van der Waals surface area contributed by atoms with Gasteiger partial charge in [-0.3, -0.25) is 19.1 Å². The molecule has 0 fully saturated rings. The molecule has 0 aliphatic carbocycles. The van der Waals surface area contributed by atoms with Crippen LogP contribution in [-0.2, 0) is 11.3 Å². The summed E-state index contributed by atoms with van der Waals surface area (Å²) in [7, 11) is 5.28. The molecule has 42 heavy (non-hydrogen) atoms. The molecule has 0 radical (unpaired) electrons. The standard InChI is InChI=1S/C32H36N4O6/c1-7-32(3,35(4)5)42-30(39)23-12-10-22(11-13-23)20(2)36-29(38)26-18-24(14-17-27(26)34-31(36)40)28(37)33-19-21-8-15-25(41-6)16-9-21/h8-18,20H,7,19H2,1-6H3,(H,33,37)(H,34,40).